The third-order valence-corrected chi connectivity index (χ3v) is 5.17. The van der Waals surface area contributed by atoms with Crippen molar-refractivity contribution in [3.05, 3.63) is 35.4 Å². The Kier molecular flexibility index (Phi) is 7.64. The second-order valence-corrected chi connectivity index (χ2v) is 7.73. The van der Waals surface area contributed by atoms with E-state index in [0.29, 0.717) is 5.92 Å². The number of urea groups is 1. The van der Waals surface area contributed by atoms with Crippen molar-refractivity contribution in [1.82, 2.24) is 16.0 Å². The van der Waals surface area contributed by atoms with Gasteiger partial charge in [-0.25, -0.2) is 4.79 Å². The number of hydrogen-bond donors (Lipinski definition) is 3. The van der Waals surface area contributed by atoms with Gasteiger partial charge in [0.1, 0.15) is 0 Å². The molecule has 0 radical (unpaired) electrons. The zero-order valence-electron chi connectivity index (χ0n) is 16.5. The normalized spacial score (nSPS) is 17.6. The topological polar surface area (TPSA) is 70.2 Å². The van der Waals surface area contributed by atoms with E-state index in [1.807, 2.05) is 6.92 Å². The molecule has 26 heavy (non-hydrogen) atoms. The Morgan fingerprint density at radius 3 is 2.08 bits per heavy atom. The van der Waals surface area contributed by atoms with Crippen molar-refractivity contribution in [3.8, 4) is 0 Å². The highest BCUT2D eigenvalue weighted by molar-refractivity contribution is 5.96. The van der Waals surface area contributed by atoms with E-state index in [-0.39, 0.29) is 24.0 Å². The zero-order valence-corrected chi connectivity index (χ0v) is 16.5. The molecule has 0 saturated heterocycles. The molecule has 144 valence electrons. The highest BCUT2D eigenvalue weighted by Crippen LogP contribution is 2.19. The minimum absolute atomic E-state index is 0.0263. The molecular formula is C21H33N3O2. The van der Waals surface area contributed by atoms with Gasteiger partial charge in [-0.05, 0) is 43.7 Å². The Morgan fingerprint density at radius 2 is 1.50 bits per heavy atom. The van der Waals surface area contributed by atoms with Crippen LogP contribution < -0.4 is 16.0 Å². The van der Waals surface area contributed by atoms with Crippen LogP contribution in [0.5, 0.6) is 0 Å². The van der Waals surface area contributed by atoms with Gasteiger partial charge in [-0.2, -0.15) is 0 Å². The van der Waals surface area contributed by atoms with E-state index >= 15 is 0 Å². The van der Waals surface area contributed by atoms with Gasteiger partial charge in [-0.1, -0.05) is 57.4 Å². The molecule has 3 amide bonds. The summed E-state index contributed by atoms with van der Waals surface area (Å²) in [5.74, 6) is 0.198. The molecule has 0 aliphatic heterocycles. The van der Waals surface area contributed by atoms with Crippen LogP contribution in [0.3, 0.4) is 0 Å². The number of amides is 3. The number of imide groups is 1. The molecule has 0 heterocycles. The van der Waals surface area contributed by atoms with Crippen LogP contribution in [0.1, 0.15) is 82.9 Å². The van der Waals surface area contributed by atoms with Crippen molar-refractivity contribution < 1.29 is 9.59 Å². The van der Waals surface area contributed by atoms with Crippen molar-refractivity contribution in [2.75, 3.05) is 0 Å². The van der Waals surface area contributed by atoms with Crippen molar-refractivity contribution in [1.29, 1.82) is 0 Å². The summed E-state index contributed by atoms with van der Waals surface area (Å²) in [5, 5.41) is 8.63. The summed E-state index contributed by atoms with van der Waals surface area (Å²) in [6, 6.07) is 7.81. The standard InChI is InChI=1S/C21H33N3O2/c1-14(2)17-10-12-18(13-11-17)15(3)22-16(4)20(25)24-21(26)23-19-8-6-5-7-9-19/h10-16,19,22H,5-9H2,1-4H3,(H2,23,24,25,26)/t15-,16-/m1/s1. The van der Waals surface area contributed by atoms with Crippen LogP contribution in [-0.4, -0.2) is 24.0 Å². The Morgan fingerprint density at radius 1 is 0.923 bits per heavy atom. The van der Waals surface area contributed by atoms with Gasteiger partial charge >= 0.3 is 6.03 Å². The highest BCUT2D eigenvalue weighted by Gasteiger charge is 2.21. The lowest BCUT2D eigenvalue weighted by Gasteiger charge is -2.24. The van der Waals surface area contributed by atoms with Gasteiger partial charge < -0.3 is 5.32 Å². The zero-order chi connectivity index (χ0) is 19.1. The van der Waals surface area contributed by atoms with Gasteiger partial charge in [0.2, 0.25) is 5.91 Å². The third kappa shape index (κ3) is 6.13. The van der Waals surface area contributed by atoms with E-state index in [1.54, 1.807) is 6.92 Å². The first-order valence-corrected chi connectivity index (χ1v) is 9.84. The molecule has 2 atom stereocenters. The summed E-state index contributed by atoms with van der Waals surface area (Å²) in [4.78, 5) is 24.3. The van der Waals surface area contributed by atoms with Crippen LogP contribution in [0.4, 0.5) is 4.79 Å². The van der Waals surface area contributed by atoms with Gasteiger partial charge in [0.15, 0.2) is 0 Å². The number of rotatable bonds is 6. The first-order valence-electron chi connectivity index (χ1n) is 9.84. The lowest BCUT2D eigenvalue weighted by Crippen LogP contribution is -2.50. The number of benzene rings is 1. The molecule has 0 unspecified atom stereocenters. The molecule has 1 fully saturated rings. The average Bonchev–Trinajstić information content (AvgIpc) is 2.62. The minimum Gasteiger partial charge on any atom is -0.335 e. The van der Waals surface area contributed by atoms with Gasteiger partial charge in [-0.3, -0.25) is 15.4 Å². The Hall–Kier alpha value is -1.88. The first kappa shape index (κ1) is 20.4. The molecule has 5 nitrogen and oxygen atoms in total. The Bertz CT molecular complexity index is 592. The van der Waals surface area contributed by atoms with E-state index < -0.39 is 6.04 Å². The Balaban J connectivity index is 1.80. The number of carbonyl (C=O) groups is 2. The van der Waals surface area contributed by atoms with E-state index in [2.05, 4.69) is 54.1 Å². The lowest BCUT2D eigenvalue weighted by atomic mass is 9.96. The summed E-state index contributed by atoms with van der Waals surface area (Å²) in [7, 11) is 0. The molecule has 1 aromatic rings. The van der Waals surface area contributed by atoms with E-state index in [1.165, 1.54) is 12.0 Å². The second-order valence-electron chi connectivity index (χ2n) is 7.73. The lowest BCUT2D eigenvalue weighted by molar-refractivity contribution is -0.121. The van der Waals surface area contributed by atoms with Crippen LogP contribution in [-0.2, 0) is 4.79 Å². The smallest absolute Gasteiger partial charge is 0.321 e. The van der Waals surface area contributed by atoms with Crippen LogP contribution in [0.2, 0.25) is 0 Å². The SMILES string of the molecule is CC(C)c1ccc([C@@H](C)N[C@H](C)C(=O)NC(=O)NC2CCCCC2)cc1. The van der Waals surface area contributed by atoms with Gasteiger partial charge in [0.05, 0.1) is 6.04 Å². The maximum Gasteiger partial charge on any atom is 0.321 e. The van der Waals surface area contributed by atoms with Crippen molar-refractivity contribution in [2.45, 2.75) is 83.8 Å². The largest absolute Gasteiger partial charge is 0.335 e. The monoisotopic (exact) mass is 359 g/mol. The number of hydrogen-bond acceptors (Lipinski definition) is 3. The van der Waals surface area contributed by atoms with Crippen LogP contribution in [0.15, 0.2) is 24.3 Å². The third-order valence-electron chi connectivity index (χ3n) is 5.17. The summed E-state index contributed by atoms with van der Waals surface area (Å²) in [6.07, 6.45) is 5.52. The van der Waals surface area contributed by atoms with E-state index in [9.17, 15) is 9.59 Å². The quantitative estimate of drug-likeness (QED) is 0.719. The number of carbonyl (C=O) groups excluding carboxylic acids is 2. The summed E-state index contributed by atoms with van der Waals surface area (Å²) in [5.41, 5.74) is 2.42. The maximum absolute atomic E-state index is 12.3. The van der Waals surface area contributed by atoms with Gasteiger partial charge in [0.25, 0.3) is 0 Å². The molecule has 0 bridgehead atoms. The molecule has 1 aliphatic carbocycles. The average molecular weight is 360 g/mol. The fourth-order valence-corrected chi connectivity index (χ4v) is 3.41. The minimum atomic E-state index is -0.452. The second kappa shape index (κ2) is 9.72. The highest BCUT2D eigenvalue weighted by atomic mass is 16.2. The van der Waals surface area contributed by atoms with Crippen molar-refractivity contribution >= 4 is 11.9 Å². The molecule has 3 N–H and O–H groups in total. The summed E-state index contributed by atoms with van der Waals surface area (Å²) < 4.78 is 0. The maximum atomic E-state index is 12.3. The Labute approximate surface area is 157 Å². The molecule has 0 spiro atoms. The fraction of sp³-hybridized carbons (Fsp3) is 0.619. The van der Waals surface area contributed by atoms with Crippen LogP contribution in [0, 0.1) is 0 Å². The molecular weight excluding hydrogens is 326 g/mol. The summed E-state index contributed by atoms with van der Waals surface area (Å²) >= 11 is 0. The molecule has 2 rings (SSSR count). The predicted molar refractivity (Wildman–Crippen MR) is 105 cm³/mol. The van der Waals surface area contributed by atoms with Crippen molar-refractivity contribution in [2.24, 2.45) is 0 Å². The van der Waals surface area contributed by atoms with E-state index in [0.717, 1.165) is 31.2 Å². The number of nitrogens with one attached hydrogen (secondary N) is 3. The molecule has 1 aliphatic rings. The van der Waals surface area contributed by atoms with Crippen molar-refractivity contribution in [3.63, 3.8) is 0 Å². The van der Waals surface area contributed by atoms with Crippen LogP contribution in [0.25, 0.3) is 0 Å². The van der Waals surface area contributed by atoms with Crippen LogP contribution >= 0.6 is 0 Å². The van der Waals surface area contributed by atoms with Gasteiger partial charge in [-0.15, -0.1) is 0 Å². The predicted octanol–water partition coefficient (Wildman–Crippen LogP) is 4.01. The molecule has 1 saturated carbocycles. The summed E-state index contributed by atoms with van der Waals surface area (Å²) in [6.45, 7) is 8.14. The molecule has 1 aromatic carbocycles. The van der Waals surface area contributed by atoms with E-state index in [4.69, 9.17) is 0 Å². The van der Waals surface area contributed by atoms with Gasteiger partial charge in [0, 0.05) is 12.1 Å². The first-order chi connectivity index (χ1) is 12.4. The molecule has 0 aromatic heterocycles. The fourth-order valence-electron chi connectivity index (χ4n) is 3.41. The molecule has 5 heteroatoms.